The molecule has 0 saturated heterocycles. The highest BCUT2D eigenvalue weighted by atomic mass is 79.9. The molecule has 5 heteroatoms. The Morgan fingerprint density at radius 3 is 2.53 bits per heavy atom. The van der Waals surface area contributed by atoms with Crippen LogP contribution in [0, 0.1) is 0 Å². The minimum Gasteiger partial charge on any atom is -0.351 e. The summed E-state index contributed by atoms with van der Waals surface area (Å²) in [5.41, 5.74) is -0.219. The van der Waals surface area contributed by atoms with E-state index in [2.05, 4.69) is 21.2 Å². The highest BCUT2D eigenvalue weighted by molar-refractivity contribution is 9.09. The average Bonchev–Trinajstić information content (AvgIpc) is 2.62. The maximum atomic E-state index is 11.7. The van der Waals surface area contributed by atoms with Crippen LogP contribution in [0.25, 0.3) is 0 Å². The van der Waals surface area contributed by atoms with Gasteiger partial charge < -0.3 is 5.32 Å². The summed E-state index contributed by atoms with van der Waals surface area (Å²) in [7, 11) is 0. The van der Waals surface area contributed by atoms with Crippen molar-refractivity contribution in [3.8, 4) is 0 Å². The summed E-state index contributed by atoms with van der Waals surface area (Å²) in [5, 5.41) is 3.21. The van der Waals surface area contributed by atoms with Gasteiger partial charge in [-0.2, -0.15) is 0 Å². The molecule has 1 amide bonds. The molecule has 0 saturated carbocycles. The number of hydrogen-bond acceptors (Lipinski definition) is 3. The van der Waals surface area contributed by atoms with Crippen molar-refractivity contribution in [1.82, 2.24) is 5.32 Å². The van der Waals surface area contributed by atoms with Crippen LogP contribution in [0.15, 0.2) is 12.1 Å². The molecule has 0 aliphatic rings. The van der Waals surface area contributed by atoms with Gasteiger partial charge in [-0.1, -0.05) is 15.9 Å². The molecule has 0 radical (unpaired) electrons. The lowest BCUT2D eigenvalue weighted by molar-refractivity contribution is -0.121. The van der Waals surface area contributed by atoms with Gasteiger partial charge in [0.2, 0.25) is 5.91 Å². The third-order valence-corrected chi connectivity index (χ3v) is 3.54. The van der Waals surface area contributed by atoms with Crippen LogP contribution in [0.5, 0.6) is 0 Å². The summed E-state index contributed by atoms with van der Waals surface area (Å²) in [6, 6.07) is 3.61. The van der Waals surface area contributed by atoms with Gasteiger partial charge in [0.1, 0.15) is 0 Å². The van der Waals surface area contributed by atoms with E-state index < -0.39 is 0 Å². The summed E-state index contributed by atoms with van der Waals surface area (Å²) >= 11 is 4.51. The number of hydrogen-bond donors (Lipinski definition) is 1. The SMILES string of the molecule is CC(C)(C)NC(=O)Cc1ccc(C(=O)CBr)s1. The number of carbonyl (C=O) groups excluding carboxylic acids is 2. The zero-order valence-electron chi connectivity index (χ0n) is 10.2. The normalized spacial score (nSPS) is 11.3. The molecule has 1 rings (SSSR count). The van der Waals surface area contributed by atoms with Gasteiger partial charge in [0.25, 0.3) is 0 Å². The van der Waals surface area contributed by atoms with E-state index in [4.69, 9.17) is 0 Å². The lowest BCUT2D eigenvalue weighted by Crippen LogP contribution is -2.41. The molecule has 0 spiro atoms. The lowest BCUT2D eigenvalue weighted by Gasteiger charge is -2.20. The van der Waals surface area contributed by atoms with Gasteiger partial charge >= 0.3 is 0 Å². The zero-order valence-corrected chi connectivity index (χ0v) is 12.6. The first-order chi connectivity index (χ1) is 7.81. The van der Waals surface area contributed by atoms with Crippen LogP contribution in [0.2, 0.25) is 0 Å². The molecule has 1 heterocycles. The van der Waals surface area contributed by atoms with Crippen molar-refractivity contribution in [3.05, 3.63) is 21.9 Å². The fourth-order valence-corrected chi connectivity index (χ4v) is 2.74. The predicted octanol–water partition coefficient (Wildman–Crippen LogP) is 2.78. The second-order valence-electron chi connectivity index (χ2n) is 4.80. The molecule has 0 aliphatic carbocycles. The molecule has 0 bridgehead atoms. The smallest absolute Gasteiger partial charge is 0.225 e. The number of amides is 1. The van der Waals surface area contributed by atoms with Gasteiger partial charge in [-0.3, -0.25) is 9.59 Å². The van der Waals surface area contributed by atoms with Gasteiger partial charge in [-0.25, -0.2) is 0 Å². The third kappa shape index (κ3) is 5.00. The number of ketones is 1. The molecule has 0 aromatic carbocycles. The molecule has 94 valence electrons. The first kappa shape index (κ1) is 14.4. The van der Waals surface area contributed by atoms with Crippen LogP contribution in [0.4, 0.5) is 0 Å². The van der Waals surface area contributed by atoms with Crippen LogP contribution in [0.3, 0.4) is 0 Å². The number of thiophene rings is 1. The number of nitrogens with one attached hydrogen (secondary N) is 1. The maximum Gasteiger partial charge on any atom is 0.225 e. The highest BCUT2D eigenvalue weighted by Gasteiger charge is 2.15. The van der Waals surface area contributed by atoms with Crippen molar-refractivity contribution in [2.24, 2.45) is 0 Å². The van der Waals surface area contributed by atoms with Crippen LogP contribution in [-0.4, -0.2) is 22.6 Å². The fraction of sp³-hybridized carbons (Fsp3) is 0.500. The first-order valence-corrected chi connectivity index (χ1v) is 7.24. The summed E-state index contributed by atoms with van der Waals surface area (Å²) < 4.78 is 0. The number of Topliss-reactive ketones (excluding diaryl/α,β-unsaturated/α-hetero) is 1. The number of carbonyl (C=O) groups is 2. The molecule has 0 atom stereocenters. The van der Waals surface area contributed by atoms with Crippen molar-refractivity contribution in [3.63, 3.8) is 0 Å². The van der Waals surface area contributed by atoms with Crippen molar-refractivity contribution < 1.29 is 9.59 Å². The van der Waals surface area contributed by atoms with Crippen molar-refractivity contribution in [2.45, 2.75) is 32.7 Å². The topological polar surface area (TPSA) is 46.2 Å². The molecule has 0 fully saturated rings. The van der Waals surface area contributed by atoms with E-state index in [9.17, 15) is 9.59 Å². The monoisotopic (exact) mass is 317 g/mol. The van der Waals surface area contributed by atoms with Crippen LogP contribution in [0.1, 0.15) is 35.3 Å². The van der Waals surface area contributed by atoms with E-state index in [1.807, 2.05) is 26.8 Å². The Hall–Kier alpha value is -0.680. The molecule has 17 heavy (non-hydrogen) atoms. The van der Waals surface area contributed by atoms with Crippen LogP contribution >= 0.6 is 27.3 Å². The van der Waals surface area contributed by atoms with Gasteiger partial charge in [-0.05, 0) is 32.9 Å². The van der Waals surface area contributed by atoms with Gasteiger partial charge in [0.05, 0.1) is 16.6 Å². The molecule has 0 unspecified atom stereocenters. The Balaban J connectivity index is 2.61. The molecule has 1 aromatic heterocycles. The standard InChI is InChI=1S/C12H16BrNO2S/c1-12(2,3)14-11(16)6-8-4-5-10(17-8)9(15)7-13/h4-5H,6-7H2,1-3H3,(H,14,16). The van der Waals surface area contributed by atoms with E-state index in [1.165, 1.54) is 11.3 Å². The first-order valence-electron chi connectivity index (χ1n) is 5.31. The molecule has 1 aromatic rings. The van der Waals surface area contributed by atoms with Gasteiger partial charge in [0.15, 0.2) is 5.78 Å². The lowest BCUT2D eigenvalue weighted by atomic mass is 10.1. The molecular formula is C12H16BrNO2S. The minimum absolute atomic E-state index is 0.0165. The van der Waals surface area contributed by atoms with Crippen molar-refractivity contribution >= 4 is 39.0 Å². The molecule has 0 aliphatic heterocycles. The Morgan fingerprint density at radius 1 is 1.35 bits per heavy atom. The Kier molecular flexibility index (Phi) is 4.89. The zero-order chi connectivity index (χ0) is 13.1. The van der Waals surface area contributed by atoms with E-state index in [0.29, 0.717) is 16.6 Å². The third-order valence-electron chi connectivity index (χ3n) is 1.91. The maximum absolute atomic E-state index is 11.7. The predicted molar refractivity (Wildman–Crippen MR) is 74.0 cm³/mol. The number of rotatable bonds is 4. The highest BCUT2D eigenvalue weighted by Crippen LogP contribution is 2.18. The van der Waals surface area contributed by atoms with Crippen LogP contribution in [-0.2, 0) is 11.2 Å². The Labute approximate surface area is 114 Å². The van der Waals surface area contributed by atoms with E-state index in [1.54, 1.807) is 6.07 Å². The van der Waals surface area contributed by atoms with E-state index in [-0.39, 0.29) is 17.2 Å². The summed E-state index contributed by atoms with van der Waals surface area (Å²) in [4.78, 5) is 24.7. The summed E-state index contributed by atoms with van der Waals surface area (Å²) in [6.07, 6.45) is 0.331. The van der Waals surface area contributed by atoms with Crippen molar-refractivity contribution in [2.75, 3.05) is 5.33 Å². The molecular weight excluding hydrogens is 302 g/mol. The Morgan fingerprint density at radius 2 is 2.00 bits per heavy atom. The van der Waals surface area contributed by atoms with Crippen molar-refractivity contribution in [1.29, 1.82) is 0 Å². The summed E-state index contributed by atoms with van der Waals surface area (Å²) in [6.45, 7) is 5.83. The quantitative estimate of drug-likeness (QED) is 0.685. The van der Waals surface area contributed by atoms with Gasteiger partial charge in [0, 0.05) is 10.4 Å². The van der Waals surface area contributed by atoms with Gasteiger partial charge in [-0.15, -0.1) is 11.3 Å². The summed E-state index contributed by atoms with van der Waals surface area (Å²) in [5.74, 6) is 0.0367. The number of halogens is 1. The second-order valence-corrected chi connectivity index (χ2v) is 6.53. The van der Waals surface area contributed by atoms with E-state index in [0.717, 1.165) is 4.88 Å². The number of alkyl halides is 1. The Bertz CT molecular complexity index is 420. The largest absolute Gasteiger partial charge is 0.351 e. The van der Waals surface area contributed by atoms with Crippen LogP contribution < -0.4 is 5.32 Å². The minimum atomic E-state index is -0.219. The molecule has 1 N–H and O–H groups in total. The fourth-order valence-electron chi connectivity index (χ4n) is 1.31. The van der Waals surface area contributed by atoms with E-state index >= 15 is 0 Å². The average molecular weight is 318 g/mol. The molecule has 3 nitrogen and oxygen atoms in total. The second kappa shape index (κ2) is 5.78.